The maximum Gasteiger partial charge on any atom is 0.243 e. The molecule has 1 aromatic heterocycles. The highest BCUT2D eigenvalue weighted by Gasteiger charge is 2.28. The summed E-state index contributed by atoms with van der Waals surface area (Å²) in [4.78, 5) is 6.78. The number of rotatable bonds is 4. The van der Waals surface area contributed by atoms with Crippen molar-refractivity contribution in [2.24, 2.45) is 0 Å². The van der Waals surface area contributed by atoms with Crippen LogP contribution in [-0.4, -0.2) is 34.7 Å². The van der Waals surface area contributed by atoms with Crippen molar-refractivity contribution in [3.05, 3.63) is 47.6 Å². The molecule has 5 nitrogen and oxygen atoms in total. The molecule has 0 bridgehead atoms. The number of ether oxygens (including phenoxy) is 1. The highest BCUT2D eigenvalue weighted by atomic mass is 16.5. The maximum atomic E-state index is 5.90. The molecule has 0 amide bonds. The van der Waals surface area contributed by atoms with Gasteiger partial charge < -0.3 is 9.26 Å². The second kappa shape index (κ2) is 6.37. The van der Waals surface area contributed by atoms with Crippen LogP contribution in [0.25, 0.3) is 0 Å². The van der Waals surface area contributed by atoms with Gasteiger partial charge in [-0.3, -0.25) is 4.90 Å². The van der Waals surface area contributed by atoms with E-state index in [4.69, 9.17) is 9.26 Å². The Hall–Kier alpha value is -1.72. The van der Waals surface area contributed by atoms with Crippen LogP contribution in [0, 0.1) is 0 Å². The van der Waals surface area contributed by atoms with Gasteiger partial charge in [-0.1, -0.05) is 42.4 Å². The average Bonchev–Trinajstić information content (AvgIpc) is 3.04. The second-order valence-electron chi connectivity index (χ2n) is 5.34. The van der Waals surface area contributed by atoms with Crippen LogP contribution in [0.3, 0.4) is 0 Å². The number of aryl methyl sites for hydroxylation is 1. The van der Waals surface area contributed by atoms with Gasteiger partial charge >= 0.3 is 0 Å². The zero-order valence-electron chi connectivity index (χ0n) is 12.5. The largest absolute Gasteiger partial charge is 0.371 e. The summed E-state index contributed by atoms with van der Waals surface area (Å²) in [6, 6.07) is 10.5. The van der Waals surface area contributed by atoms with Crippen molar-refractivity contribution < 1.29 is 9.26 Å². The molecular formula is C16H21N3O2. The minimum absolute atomic E-state index is 0.107. The molecule has 2 heterocycles. The maximum absolute atomic E-state index is 5.90. The standard InChI is InChI=1S/C16H21N3O2/c1-3-15-17-16(21-18-15)12(2)19-9-10-20-14(11-19)13-7-5-4-6-8-13/h4-8,12,14H,3,9-11H2,1-2H3/t12-,14+/m0/s1. The lowest BCUT2D eigenvalue weighted by Gasteiger charge is -2.35. The predicted molar refractivity (Wildman–Crippen MR) is 78.8 cm³/mol. The Bertz CT molecular complexity index is 570. The third-order valence-electron chi connectivity index (χ3n) is 3.97. The fourth-order valence-electron chi connectivity index (χ4n) is 2.63. The lowest BCUT2D eigenvalue weighted by Crippen LogP contribution is -2.40. The van der Waals surface area contributed by atoms with E-state index < -0.39 is 0 Å². The number of hydrogen-bond donors (Lipinski definition) is 0. The van der Waals surface area contributed by atoms with E-state index in [-0.39, 0.29) is 12.1 Å². The third kappa shape index (κ3) is 3.14. The summed E-state index contributed by atoms with van der Waals surface area (Å²) in [5.74, 6) is 1.46. The summed E-state index contributed by atoms with van der Waals surface area (Å²) in [5.41, 5.74) is 1.22. The Labute approximate surface area is 124 Å². The van der Waals surface area contributed by atoms with Gasteiger partial charge in [0.05, 0.1) is 18.8 Å². The summed E-state index contributed by atoms with van der Waals surface area (Å²) < 4.78 is 11.3. The third-order valence-corrected chi connectivity index (χ3v) is 3.97. The highest BCUT2D eigenvalue weighted by molar-refractivity contribution is 5.18. The molecule has 0 aliphatic carbocycles. The van der Waals surface area contributed by atoms with Crippen LogP contribution in [0.4, 0.5) is 0 Å². The summed E-state index contributed by atoms with van der Waals surface area (Å²) in [6.07, 6.45) is 0.905. The molecule has 112 valence electrons. The first-order chi connectivity index (χ1) is 10.3. The smallest absolute Gasteiger partial charge is 0.243 e. The van der Waals surface area contributed by atoms with Crippen LogP contribution >= 0.6 is 0 Å². The molecule has 21 heavy (non-hydrogen) atoms. The zero-order valence-corrected chi connectivity index (χ0v) is 12.5. The minimum Gasteiger partial charge on any atom is -0.371 e. The summed E-state index contributed by atoms with van der Waals surface area (Å²) in [5, 5.41) is 3.98. The first-order valence-electron chi connectivity index (χ1n) is 7.51. The van der Waals surface area contributed by atoms with Crippen molar-refractivity contribution in [2.45, 2.75) is 32.4 Å². The van der Waals surface area contributed by atoms with Gasteiger partial charge in [-0.25, -0.2) is 0 Å². The van der Waals surface area contributed by atoms with E-state index in [0.717, 1.165) is 31.9 Å². The lowest BCUT2D eigenvalue weighted by molar-refractivity contribution is -0.0469. The molecule has 5 heteroatoms. The van der Waals surface area contributed by atoms with E-state index in [9.17, 15) is 0 Å². The van der Waals surface area contributed by atoms with Gasteiger partial charge in [0.1, 0.15) is 0 Å². The van der Waals surface area contributed by atoms with Gasteiger partial charge in [0.25, 0.3) is 0 Å². The van der Waals surface area contributed by atoms with Crippen molar-refractivity contribution >= 4 is 0 Å². The number of hydrogen-bond acceptors (Lipinski definition) is 5. The molecular weight excluding hydrogens is 266 g/mol. The van der Waals surface area contributed by atoms with Crippen molar-refractivity contribution in [2.75, 3.05) is 19.7 Å². The molecule has 0 radical (unpaired) electrons. The highest BCUT2D eigenvalue weighted by Crippen LogP contribution is 2.27. The number of morpholine rings is 1. The van der Waals surface area contributed by atoms with Crippen LogP contribution in [0.2, 0.25) is 0 Å². The number of nitrogens with zero attached hydrogens (tertiary/aromatic N) is 3. The second-order valence-corrected chi connectivity index (χ2v) is 5.34. The Morgan fingerprint density at radius 3 is 2.86 bits per heavy atom. The zero-order chi connectivity index (χ0) is 14.7. The van der Waals surface area contributed by atoms with E-state index in [2.05, 4.69) is 34.1 Å². The van der Waals surface area contributed by atoms with E-state index in [1.807, 2.05) is 25.1 Å². The first kappa shape index (κ1) is 14.2. The monoisotopic (exact) mass is 287 g/mol. The van der Waals surface area contributed by atoms with Crippen LogP contribution in [0.1, 0.15) is 43.3 Å². The van der Waals surface area contributed by atoms with E-state index in [1.54, 1.807) is 0 Å². The SMILES string of the molecule is CCc1noc([C@H](C)N2CCO[C@@H](c3ccccc3)C2)n1. The Kier molecular flexibility index (Phi) is 4.31. The molecule has 1 aliphatic rings. The minimum atomic E-state index is 0.107. The molecule has 1 aromatic carbocycles. The van der Waals surface area contributed by atoms with Gasteiger partial charge in [0.15, 0.2) is 5.82 Å². The lowest BCUT2D eigenvalue weighted by atomic mass is 10.1. The molecule has 2 aromatic rings. The van der Waals surface area contributed by atoms with Crippen LogP contribution in [-0.2, 0) is 11.2 Å². The summed E-state index contributed by atoms with van der Waals surface area (Å²) in [6.45, 7) is 6.59. The molecule has 1 saturated heterocycles. The number of aromatic nitrogens is 2. The fraction of sp³-hybridized carbons (Fsp3) is 0.500. The molecule has 3 rings (SSSR count). The van der Waals surface area contributed by atoms with Gasteiger partial charge in [-0.2, -0.15) is 4.98 Å². The molecule has 0 spiro atoms. The Balaban J connectivity index is 1.70. The first-order valence-corrected chi connectivity index (χ1v) is 7.51. The van der Waals surface area contributed by atoms with E-state index >= 15 is 0 Å². The van der Waals surface area contributed by atoms with Gasteiger partial charge in [-0.05, 0) is 12.5 Å². The van der Waals surface area contributed by atoms with Crippen LogP contribution < -0.4 is 0 Å². The van der Waals surface area contributed by atoms with Crippen molar-refractivity contribution in [1.29, 1.82) is 0 Å². The molecule has 0 saturated carbocycles. The average molecular weight is 287 g/mol. The van der Waals surface area contributed by atoms with Gasteiger partial charge in [0, 0.05) is 19.5 Å². The van der Waals surface area contributed by atoms with Crippen molar-refractivity contribution in [3.63, 3.8) is 0 Å². The number of benzene rings is 1. The Morgan fingerprint density at radius 2 is 2.14 bits per heavy atom. The summed E-state index contributed by atoms with van der Waals surface area (Å²) in [7, 11) is 0. The molecule has 0 unspecified atom stereocenters. The van der Waals surface area contributed by atoms with Crippen LogP contribution in [0.15, 0.2) is 34.9 Å². The fourth-order valence-corrected chi connectivity index (χ4v) is 2.63. The quantitative estimate of drug-likeness (QED) is 0.865. The van der Waals surface area contributed by atoms with Gasteiger partial charge in [-0.15, -0.1) is 0 Å². The predicted octanol–water partition coefficient (Wildman–Crippen LogP) is 2.77. The molecule has 2 atom stereocenters. The molecule has 1 aliphatic heterocycles. The molecule has 0 N–H and O–H groups in total. The molecule has 1 fully saturated rings. The topological polar surface area (TPSA) is 51.4 Å². The van der Waals surface area contributed by atoms with Crippen molar-refractivity contribution in [3.8, 4) is 0 Å². The Morgan fingerprint density at radius 1 is 1.33 bits per heavy atom. The van der Waals surface area contributed by atoms with E-state index in [1.165, 1.54) is 5.56 Å². The van der Waals surface area contributed by atoms with Crippen LogP contribution in [0.5, 0.6) is 0 Å². The normalized spacial score (nSPS) is 21.3. The van der Waals surface area contributed by atoms with E-state index in [0.29, 0.717) is 5.89 Å². The van der Waals surface area contributed by atoms with Gasteiger partial charge in [0.2, 0.25) is 5.89 Å². The van der Waals surface area contributed by atoms with Crippen molar-refractivity contribution in [1.82, 2.24) is 15.0 Å². The summed E-state index contributed by atoms with van der Waals surface area (Å²) >= 11 is 0.